The fourth-order valence-corrected chi connectivity index (χ4v) is 2.70. The van der Waals surface area contributed by atoms with E-state index >= 15 is 0 Å². The summed E-state index contributed by atoms with van der Waals surface area (Å²) in [6, 6.07) is 9.70. The van der Waals surface area contributed by atoms with E-state index in [1.54, 1.807) is 25.6 Å². The van der Waals surface area contributed by atoms with E-state index in [0.717, 1.165) is 11.3 Å². The number of hydrogen-bond acceptors (Lipinski definition) is 7. The lowest BCUT2D eigenvalue weighted by atomic mass is 10.1. The predicted octanol–water partition coefficient (Wildman–Crippen LogP) is 1.95. The number of hydrazine groups is 1. The Hall–Kier alpha value is -2.64. The summed E-state index contributed by atoms with van der Waals surface area (Å²) >= 11 is 0. The molecule has 1 aliphatic rings. The van der Waals surface area contributed by atoms with E-state index in [4.69, 9.17) is 9.47 Å². The van der Waals surface area contributed by atoms with Gasteiger partial charge in [0.05, 0.1) is 43.4 Å². The van der Waals surface area contributed by atoms with Crippen LogP contribution in [0.4, 0.5) is 11.4 Å². The number of nitrogens with zero attached hydrogens (tertiary/aromatic N) is 2. The SMILES string of the molecule is COCCN1NC(Nc2cnccc2C(=O)OC)c2ccccc21. The highest BCUT2D eigenvalue weighted by Gasteiger charge is 2.28. The molecule has 2 heterocycles. The number of para-hydroxylation sites is 1. The minimum absolute atomic E-state index is 0.175. The zero-order chi connectivity index (χ0) is 16.9. The molecule has 0 radical (unpaired) electrons. The van der Waals surface area contributed by atoms with Crippen molar-refractivity contribution in [1.82, 2.24) is 10.4 Å². The molecule has 0 bridgehead atoms. The molecule has 24 heavy (non-hydrogen) atoms. The number of ether oxygens (including phenoxy) is 2. The smallest absolute Gasteiger partial charge is 0.340 e. The van der Waals surface area contributed by atoms with Crippen molar-refractivity contribution in [2.45, 2.75) is 6.17 Å². The maximum Gasteiger partial charge on any atom is 0.340 e. The molecule has 0 fully saturated rings. The third-order valence-corrected chi connectivity index (χ3v) is 3.87. The van der Waals surface area contributed by atoms with Crippen LogP contribution in [0.15, 0.2) is 42.7 Å². The van der Waals surface area contributed by atoms with Crippen molar-refractivity contribution < 1.29 is 14.3 Å². The van der Waals surface area contributed by atoms with Crippen LogP contribution < -0.4 is 15.8 Å². The number of benzene rings is 1. The number of nitrogens with one attached hydrogen (secondary N) is 2. The van der Waals surface area contributed by atoms with Crippen molar-refractivity contribution in [3.63, 3.8) is 0 Å². The van der Waals surface area contributed by atoms with Gasteiger partial charge in [-0.1, -0.05) is 18.2 Å². The Morgan fingerprint density at radius 1 is 1.33 bits per heavy atom. The van der Waals surface area contributed by atoms with Crippen molar-refractivity contribution in [2.24, 2.45) is 0 Å². The van der Waals surface area contributed by atoms with Gasteiger partial charge in [-0.25, -0.2) is 10.2 Å². The van der Waals surface area contributed by atoms with Crippen LogP contribution in [0, 0.1) is 0 Å². The average Bonchev–Trinajstić information content (AvgIpc) is 2.97. The summed E-state index contributed by atoms with van der Waals surface area (Å²) in [5, 5.41) is 5.36. The van der Waals surface area contributed by atoms with Gasteiger partial charge >= 0.3 is 5.97 Å². The summed E-state index contributed by atoms with van der Waals surface area (Å²) in [6.45, 7) is 1.32. The molecule has 2 aromatic rings. The maximum atomic E-state index is 11.9. The van der Waals surface area contributed by atoms with Crippen LogP contribution in [0.25, 0.3) is 0 Å². The van der Waals surface area contributed by atoms with Crippen molar-refractivity contribution in [3.05, 3.63) is 53.9 Å². The Bertz CT molecular complexity index is 722. The normalized spacial score (nSPS) is 15.9. The number of pyridine rings is 1. The molecule has 1 atom stereocenters. The van der Waals surface area contributed by atoms with Gasteiger partial charge in [0.25, 0.3) is 0 Å². The molecule has 0 saturated carbocycles. The second kappa shape index (κ2) is 7.29. The molecule has 1 unspecified atom stereocenters. The summed E-state index contributed by atoms with van der Waals surface area (Å²) in [7, 11) is 3.04. The first-order valence-corrected chi connectivity index (χ1v) is 7.65. The summed E-state index contributed by atoms with van der Waals surface area (Å²) in [5.41, 5.74) is 6.62. The van der Waals surface area contributed by atoms with E-state index in [1.165, 1.54) is 7.11 Å². The van der Waals surface area contributed by atoms with E-state index in [2.05, 4.69) is 15.7 Å². The third kappa shape index (κ3) is 3.17. The number of carbonyl (C=O) groups is 1. The topological polar surface area (TPSA) is 75.7 Å². The lowest BCUT2D eigenvalue weighted by molar-refractivity contribution is 0.0601. The molecular weight excluding hydrogens is 308 g/mol. The Morgan fingerprint density at radius 2 is 2.17 bits per heavy atom. The zero-order valence-electron chi connectivity index (χ0n) is 13.7. The first-order chi connectivity index (χ1) is 11.7. The Labute approximate surface area is 140 Å². The molecule has 1 aromatic heterocycles. The quantitative estimate of drug-likeness (QED) is 0.785. The molecule has 0 spiro atoms. The lowest BCUT2D eigenvalue weighted by Crippen LogP contribution is -2.39. The largest absolute Gasteiger partial charge is 0.465 e. The Balaban J connectivity index is 1.85. The van der Waals surface area contributed by atoms with Crippen molar-refractivity contribution >= 4 is 17.3 Å². The first kappa shape index (κ1) is 16.2. The third-order valence-electron chi connectivity index (χ3n) is 3.87. The van der Waals surface area contributed by atoms with Gasteiger partial charge in [-0.15, -0.1) is 0 Å². The summed E-state index contributed by atoms with van der Waals surface area (Å²) in [4.78, 5) is 16.0. The summed E-state index contributed by atoms with van der Waals surface area (Å²) in [5.74, 6) is -0.401. The number of hydrogen-bond donors (Lipinski definition) is 2. The van der Waals surface area contributed by atoms with Crippen LogP contribution in [-0.4, -0.2) is 38.3 Å². The highest BCUT2D eigenvalue weighted by atomic mass is 16.5. The standard InChI is InChI=1S/C17H20N4O3/c1-23-10-9-21-15-6-4-3-5-13(15)16(20-21)19-14-11-18-8-7-12(14)17(22)24-2/h3-8,11,16,19-20H,9-10H2,1-2H3. The van der Waals surface area contributed by atoms with Gasteiger partial charge in [0.1, 0.15) is 6.17 Å². The second-order valence-electron chi connectivity index (χ2n) is 5.32. The Morgan fingerprint density at radius 3 is 2.96 bits per heavy atom. The number of aromatic nitrogens is 1. The molecule has 0 saturated heterocycles. The molecular formula is C17H20N4O3. The molecule has 0 amide bonds. The summed E-state index contributed by atoms with van der Waals surface area (Å²) < 4.78 is 10.00. The number of carbonyl (C=O) groups excluding carboxylic acids is 1. The minimum Gasteiger partial charge on any atom is -0.465 e. The predicted molar refractivity (Wildman–Crippen MR) is 90.7 cm³/mol. The van der Waals surface area contributed by atoms with Gasteiger partial charge < -0.3 is 19.8 Å². The molecule has 1 aliphatic heterocycles. The molecule has 2 N–H and O–H groups in total. The molecule has 0 aliphatic carbocycles. The number of rotatable bonds is 6. The van der Waals surface area contributed by atoms with Gasteiger partial charge in [-0.3, -0.25) is 4.98 Å². The zero-order valence-corrected chi connectivity index (χ0v) is 13.7. The minimum atomic E-state index is -0.401. The van der Waals surface area contributed by atoms with Gasteiger partial charge in [0.15, 0.2) is 0 Å². The number of anilines is 2. The lowest BCUT2D eigenvalue weighted by Gasteiger charge is -2.21. The van der Waals surface area contributed by atoms with Crippen LogP contribution in [0.2, 0.25) is 0 Å². The first-order valence-electron chi connectivity index (χ1n) is 7.65. The van der Waals surface area contributed by atoms with Crippen LogP contribution in [0.5, 0.6) is 0 Å². The van der Waals surface area contributed by atoms with Crippen LogP contribution in [-0.2, 0) is 9.47 Å². The molecule has 7 heteroatoms. The van der Waals surface area contributed by atoms with Gasteiger partial charge in [0.2, 0.25) is 0 Å². The van der Waals surface area contributed by atoms with E-state index in [1.807, 2.05) is 29.3 Å². The highest BCUT2D eigenvalue weighted by molar-refractivity contribution is 5.95. The number of esters is 1. The summed E-state index contributed by atoms with van der Waals surface area (Å²) in [6.07, 6.45) is 3.01. The van der Waals surface area contributed by atoms with Crippen molar-refractivity contribution in [1.29, 1.82) is 0 Å². The second-order valence-corrected chi connectivity index (χ2v) is 5.32. The van der Waals surface area contributed by atoms with Crippen LogP contribution in [0.1, 0.15) is 22.1 Å². The average molecular weight is 328 g/mol. The Kier molecular flexibility index (Phi) is 4.93. The molecule has 3 rings (SSSR count). The number of methoxy groups -OCH3 is 2. The van der Waals surface area contributed by atoms with Crippen molar-refractivity contribution in [2.75, 3.05) is 37.7 Å². The highest BCUT2D eigenvalue weighted by Crippen LogP contribution is 2.33. The van der Waals surface area contributed by atoms with Crippen LogP contribution in [0.3, 0.4) is 0 Å². The maximum absolute atomic E-state index is 11.9. The number of fused-ring (bicyclic) bond motifs is 1. The van der Waals surface area contributed by atoms with Crippen molar-refractivity contribution in [3.8, 4) is 0 Å². The van der Waals surface area contributed by atoms with Gasteiger partial charge in [0, 0.05) is 18.9 Å². The van der Waals surface area contributed by atoms with E-state index in [9.17, 15) is 4.79 Å². The monoisotopic (exact) mass is 328 g/mol. The van der Waals surface area contributed by atoms with Gasteiger partial charge in [-0.05, 0) is 12.1 Å². The van der Waals surface area contributed by atoms with E-state index in [0.29, 0.717) is 24.4 Å². The molecule has 126 valence electrons. The van der Waals surface area contributed by atoms with E-state index < -0.39 is 5.97 Å². The fourth-order valence-electron chi connectivity index (χ4n) is 2.70. The van der Waals surface area contributed by atoms with Crippen LogP contribution >= 0.6 is 0 Å². The molecule has 1 aromatic carbocycles. The fraction of sp³-hybridized carbons (Fsp3) is 0.294. The molecule has 7 nitrogen and oxygen atoms in total. The van der Waals surface area contributed by atoms with Gasteiger partial charge in [-0.2, -0.15) is 0 Å². The van der Waals surface area contributed by atoms with E-state index in [-0.39, 0.29) is 6.17 Å².